The Morgan fingerprint density at radius 2 is 1.88 bits per heavy atom. The maximum Gasteiger partial charge on any atom is 0.269 e. The third kappa shape index (κ3) is 4.33. The maximum absolute atomic E-state index is 12.3. The topological polar surface area (TPSA) is 118 Å². The van der Waals surface area contributed by atoms with Crippen molar-refractivity contribution >= 4 is 21.5 Å². The van der Waals surface area contributed by atoms with E-state index in [1.54, 1.807) is 18.6 Å². The van der Waals surface area contributed by atoms with Crippen LogP contribution in [0.2, 0.25) is 0 Å². The molecular formula is C16H19N5O4S. The molecule has 26 heavy (non-hydrogen) atoms. The second-order valence-corrected chi connectivity index (χ2v) is 7.86. The average Bonchev–Trinajstić information content (AvgIpc) is 2.67. The van der Waals surface area contributed by atoms with Gasteiger partial charge in [0.05, 0.1) is 16.0 Å². The minimum absolute atomic E-state index is 0.0279. The molecule has 0 atom stereocenters. The number of rotatable bonds is 6. The fourth-order valence-electron chi connectivity index (χ4n) is 2.88. The highest BCUT2D eigenvalue weighted by Crippen LogP contribution is 2.21. The van der Waals surface area contributed by atoms with Gasteiger partial charge in [-0.1, -0.05) is 0 Å². The van der Waals surface area contributed by atoms with Crippen molar-refractivity contribution in [3.8, 4) is 0 Å². The molecule has 1 N–H and O–H groups in total. The summed E-state index contributed by atoms with van der Waals surface area (Å²) < 4.78 is 27.3. The highest BCUT2D eigenvalue weighted by molar-refractivity contribution is 7.89. The first-order valence-corrected chi connectivity index (χ1v) is 9.69. The highest BCUT2D eigenvalue weighted by atomic mass is 32.2. The average molecular weight is 377 g/mol. The van der Waals surface area contributed by atoms with E-state index < -0.39 is 14.9 Å². The number of piperidine rings is 1. The molecule has 0 bridgehead atoms. The van der Waals surface area contributed by atoms with Crippen molar-refractivity contribution in [2.75, 3.05) is 24.5 Å². The number of nitro groups is 1. The number of non-ortho nitro benzene ring substituents is 1. The van der Waals surface area contributed by atoms with E-state index in [1.165, 1.54) is 24.3 Å². The molecule has 1 aromatic carbocycles. The smallest absolute Gasteiger partial charge is 0.269 e. The Kier molecular flexibility index (Phi) is 5.43. The molecule has 2 aromatic rings. The van der Waals surface area contributed by atoms with E-state index in [0.717, 1.165) is 31.7 Å². The number of sulfonamides is 1. The van der Waals surface area contributed by atoms with Crippen molar-refractivity contribution in [1.82, 2.24) is 14.7 Å². The summed E-state index contributed by atoms with van der Waals surface area (Å²) in [5, 5.41) is 10.7. The second kappa shape index (κ2) is 7.75. The fraction of sp³-hybridized carbons (Fsp3) is 0.375. The molecule has 9 nitrogen and oxygen atoms in total. The van der Waals surface area contributed by atoms with Gasteiger partial charge in [-0.3, -0.25) is 15.1 Å². The third-order valence-electron chi connectivity index (χ3n) is 4.41. The monoisotopic (exact) mass is 377 g/mol. The fourth-order valence-corrected chi connectivity index (χ4v) is 3.99. The number of hydrogen-bond acceptors (Lipinski definition) is 7. The number of nitrogens with one attached hydrogen (secondary N) is 1. The lowest BCUT2D eigenvalue weighted by molar-refractivity contribution is -0.384. The molecule has 0 radical (unpaired) electrons. The quantitative estimate of drug-likeness (QED) is 0.599. The first-order valence-electron chi connectivity index (χ1n) is 8.21. The van der Waals surface area contributed by atoms with Crippen LogP contribution in [0.4, 0.5) is 11.5 Å². The molecule has 1 fully saturated rings. The standard InChI is InChI=1S/C16H19N5O4S/c22-21(23)14-1-3-15(4-2-14)26(24,25)19-11-13-5-9-20(10-6-13)16-12-17-7-8-18-16/h1-4,7-8,12-13,19H,5-6,9-11H2. The van der Waals surface area contributed by atoms with Crippen LogP contribution in [-0.2, 0) is 10.0 Å². The Morgan fingerprint density at radius 1 is 1.19 bits per heavy atom. The SMILES string of the molecule is O=[N+]([O-])c1ccc(S(=O)(=O)NCC2CCN(c3cnccn3)CC2)cc1. The molecule has 1 aromatic heterocycles. The number of anilines is 1. The van der Waals surface area contributed by atoms with Gasteiger partial charge in [0.25, 0.3) is 5.69 Å². The molecule has 0 saturated carbocycles. The number of benzene rings is 1. The largest absolute Gasteiger partial charge is 0.355 e. The van der Waals surface area contributed by atoms with E-state index in [9.17, 15) is 18.5 Å². The van der Waals surface area contributed by atoms with Crippen molar-refractivity contribution in [3.63, 3.8) is 0 Å². The van der Waals surface area contributed by atoms with Gasteiger partial charge in [-0.15, -0.1) is 0 Å². The third-order valence-corrected chi connectivity index (χ3v) is 5.85. The minimum Gasteiger partial charge on any atom is -0.355 e. The lowest BCUT2D eigenvalue weighted by atomic mass is 9.97. The van der Waals surface area contributed by atoms with E-state index >= 15 is 0 Å². The number of nitro benzene ring substituents is 1. The van der Waals surface area contributed by atoms with Gasteiger partial charge in [-0.2, -0.15) is 0 Å². The van der Waals surface area contributed by atoms with Crippen molar-refractivity contribution in [2.45, 2.75) is 17.7 Å². The summed E-state index contributed by atoms with van der Waals surface area (Å²) in [4.78, 5) is 20.6. The molecule has 3 rings (SSSR count). The number of aromatic nitrogens is 2. The lowest BCUT2D eigenvalue weighted by Crippen LogP contribution is -2.39. The minimum atomic E-state index is -3.68. The lowest BCUT2D eigenvalue weighted by Gasteiger charge is -2.32. The molecule has 1 saturated heterocycles. The molecule has 138 valence electrons. The number of hydrogen-bond donors (Lipinski definition) is 1. The van der Waals surface area contributed by atoms with Crippen LogP contribution in [0.3, 0.4) is 0 Å². The van der Waals surface area contributed by atoms with Gasteiger partial charge in [0.2, 0.25) is 10.0 Å². The van der Waals surface area contributed by atoms with Crippen molar-refractivity contribution in [3.05, 3.63) is 53.0 Å². The molecule has 0 spiro atoms. The van der Waals surface area contributed by atoms with E-state index in [2.05, 4.69) is 19.6 Å². The summed E-state index contributed by atoms with van der Waals surface area (Å²) in [6.45, 7) is 1.93. The first kappa shape index (κ1) is 18.2. The van der Waals surface area contributed by atoms with Crippen LogP contribution in [-0.4, -0.2) is 42.9 Å². The zero-order valence-corrected chi connectivity index (χ0v) is 14.8. The normalized spacial score (nSPS) is 15.8. The van der Waals surface area contributed by atoms with Gasteiger partial charge >= 0.3 is 0 Å². The van der Waals surface area contributed by atoms with E-state index in [4.69, 9.17) is 0 Å². The zero-order valence-electron chi connectivity index (χ0n) is 14.0. The molecule has 1 aliphatic heterocycles. The van der Waals surface area contributed by atoms with Gasteiger partial charge in [-0.25, -0.2) is 18.1 Å². The van der Waals surface area contributed by atoms with Crippen LogP contribution in [0, 0.1) is 16.0 Å². The summed E-state index contributed by atoms with van der Waals surface area (Å²) >= 11 is 0. The maximum atomic E-state index is 12.3. The molecule has 1 aliphatic rings. The highest BCUT2D eigenvalue weighted by Gasteiger charge is 2.23. The second-order valence-electron chi connectivity index (χ2n) is 6.10. The van der Waals surface area contributed by atoms with Crippen LogP contribution in [0.25, 0.3) is 0 Å². The Bertz CT molecular complexity index is 850. The summed E-state index contributed by atoms with van der Waals surface area (Å²) in [5.41, 5.74) is -0.139. The van der Waals surface area contributed by atoms with Gasteiger partial charge in [0.1, 0.15) is 5.82 Å². The van der Waals surface area contributed by atoms with Crippen molar-refractivity contribution in [2.24, 2.45) is 5.92 Å². The Balaban J connectivity index is 1.53. The molecule has 2 heterocycles. The molecule has 0 unspecified atom stereocenters. The first-order chi connectivity index (χ1) is 12.5. The van der Waals surface area contributed by atoms with Crippen LogP contribution in [0.5, 0.6) is 0 Å². The van der Waals surface area contributed by atoms with Crippen LogP contribution >= 0.6 is 0 Å². The summed E-state index contributed by atoms with van der Waals surface area (Å²) in [6, 6.07) is 4.87. The molecule has 0 amide bonds. The van der Waals surface area contributed by atoms with Crippen LogP contribution in [0.1, 0.15) is 12.8 Å². The summed E-state index contributed by atoms with van der Waals surface area (Å²) in [6.07, 6.45) is 6.69. The Labute approximate surface area is 151 Å². The summed E-state index contributed by atoms with van der Waals surface area (Å²) in [7, 11) is -3.68. The van der Waals surface area contributed by atoms with Gasteiger partial charge < -0.3 is 4.90 Å². The van der Waals surface area contributed by atoms with Crippen molar-refractivity contribution in [1.29, 1.82) is 0 Å². The van der Waals surface area contributed by atoms with Crippen LogP contribution < -0.4 is 9.62 Å². The van der Waals surface area contributed by atoms with E-state index in [1.807, 2.05) is 0 Å². The Morgan fingerprint density at radius 3 is 2.46 bits per heavy atom. The molecule has 10 heteroatoms. The van der Waals surface area contributed by atoms with Gasteiger partial charge in [-0.05, 0) is 30.9 Å². The Hall–Kier alpha value is -2.59. The summed E-state index contributed by atoms with van der Waals surface area (Å²) in [5.74, 6) is 1.06. The predicted octanol–water partition coefficient (Wildman–Crippen LogP) is 1.58. The molecule has 0 aliphatic carbocycles. The van der Waals surface area contributed by atoms with Crippen LogP contribution in [0.15, 0.2) is 47.8 Å². The van der Waals surface area contributed by atoms with E-state index in [-0.39, 0.29) is 16.5 Å². The predicted molar refractivity (Wildman–Crippen MR) is 95.3 cm³/mol. The van der Waals surface area contributed by atoms with E-state index in [0.29, 0.717) is 6.54 Å². The van der Waals surface area contributed by atoms with Crippen molar-refractivity contribution < 1.29 is 13.3 Å². The number of nitrogens with zero attached hydrogens (tertiary/aromatic N) is 4. The zero-order chi connectivity index (χ0) is 18.6. The van der Waals surface area contributed by atoms with Gasteiger partial charge in [0.15, 0.2) is 0 Å². The van der Waals surface area contributed by atoms with Gasteiger partial charge in [0, 0.05) is 44.2 Å². The molecular weight excluding hydrogens is 358 g/mol.